The summed E-state index contributed by atoms with van der Waals surface area (Å²) in [5.74, 6) is 0. The van der Waals surface area contributed by atoms with Gasteiger partial charge < -0.3 is 10.6 Å². The van der Waals surface area contributed by atoms with Crippen LogP contribution < -0.4 is 10.6 Å². The van der Waals surface area contributed by atoms with Gasteiger partial charge in [-0.25, -0.2) is 0 Å². The van der Waals surface area contributed by atoms with Crippen LogP contribution in [0.2, 0.25) is 0 Å². The predicted molar refractivity (Wildman–Crippen MR) is 72.2 cm³/mol. The van der Waals surface area contributed by atoms with Crippen molar-refractivity contribution in [2.75, 3.05) is 17.2 Å². The molecule has 0 aliphatic carbocycles. The third-order valence-corrected chi connectivity index (χ3v) is 3.48. The summed E-state index contributed by atoms with van der Waals surface area (Å²) >= 11 is 1.61. The Labute approximate surface area is 105 Å². The van der Waals surface area contributed by atoms with E-state index in [1.807, 2.05) is 31.2 Å². The van der Waals surface area contributed by atoms with Gasteiger partial charge in [-0.3, -0.25) is 0 Å². The van der Waals surface area contributed by atoms with Crippen LogP contribution >= 0.6 is 11.3 Å². The van der Waals surface area contributed by atoms with Gasteiger partial charge in [0, 0.05) is 18.8 Å². The fraction of sp³-hybridized carbons (Fsp3) is 0.333. The molecule has 4 nitrogen and oxygen atoms in total. The van der Waals surface area contributed by atoms with Gasteiger partial charge in [-0.05, 0) is 25.5 Å². The molecule has 0 saturated carbocycles. The summed E-state index contributed by atoms with van der Waals surface area (Å²) in [6, 6.07) is 7.93. The fourth-order valence-electron chi connectivity index (χ4n) is 1.61. The first-order valence-corrected chi connectivity index (χ1v) is 6.40. The summed E-state index contributed by atoms with van der Waals surface area (Å²) in [4.78, 5) is 2.18. The minimum Gasteiger partial charge on any atom is -0.398 e. The van der Waals surface area contributed by atoms with Crippen molar-refractivity contribution in [1.82, 2.24) is 10.2 Å². The molecule has 0 unspecified atom stereocenters. The summed E-state index contributed by atoms with van der Waals surface area (Å²) < 4.78 is 0. The van der Waals surface area contributed by atoms with Gasteiger partial charge in [0.1, 0.15) is 5.01 Å². The quantitative estimate of drug-likeness (QED) is 0.844. The minimum atomic E-state index is 0.776. The first kappa shape index (κ1) is 11.9. The average molecular weight is 248 g/mol. The highest BCUT2D eigenvalue weighted by Crippen LogP contribution is 2.22. The second kappa shape index (κ2) is 5.14. The lowest BCUT2D eigenvalue weighted by molar-refractivity contribution is 0.815. The molecule has 0 atom stereocenters. The van der Waals surface area contributed by atoms with E-state index < -0.39 is 0 Å². The summed E-state index contributed by atoms with van der Waals surface area (Å²) in [6.07, 6.45) is 0. The molecule has 1 aromatic carbocycles. The number of aryl methyl sites for hydroxylation is 1. The molecule has 5 heteroatoms. The predicted octanol–water partition coefficient (Wildman–Crippen LogP) is 2.46. The number of hydrogen-bond acceptors (Lipinski definition) is 5. The number of nitrogen functional groups attached to an aromatic ring is 1. The summed E-state index contributed by atoms with van der Waals surface area (Å²) in [6.45, 7) is 5.74. The second-order valence-electron chi connectivity index (χ2n) is 3.82. The van der Waals surface area contributed by atoms with Crippen LogP contribution in [0.1, 0.15) is 17.5 Å². The van der Waals surface area contributed by atoms with E-state index >= 15 is 0 Å². The van der Waals surface area contributed by atoms with Crippen LogP contribution in [0.25, 0.3) is 0 Å². The maximum atomic E-state index is 5.95. The topological polar surface area (TPSA) is 55.0 Å². The molecule has 2 N–H and O–H groups in total. The van der Waals surface area contributed by atoms with Gasteiger partial charge in [-0.15, -0.1) is 10.2 Å². The third kappa shape index (κ3) is 2.74. The van der Waals surface area contributed by atoms with Crippen LogP contribution in [0, 0.1) is 6.92 Å². The SMILES string of the molecule is CCN(Cc1ccccc1N)c1nnc(C)s1. The number of aromatic nitrogens is 2. The Morgan fingerprint density at radius 1 is 1.29 bits per heavy atom. The Morgan fingerprint density at radius 3 is 2.65 bits per heavy atom. The van der Waals surface area contributed by atoms with Crippen LogP contribution in [-0.4, -0.2) is 16.7 Å². The largest absolute Gasteiger partial charge is 0.398 e. The van der Waals surface area contributed by atoms with Gasteiger partial charge in [-0.2, -0.15) is 0 Å². The van der Waals surface area contributed by atoms with Crippen molar-refractivity contribution in [2.24, 2.45) is 0 Å². The summed E-state index contributed by atoms with van der Waals surface area (Å²) in [7, 11) is 0. The van der Waals surface area contributed by atoms with Gasteiger partial charge in [0.2, 0.25) is 5.13 Å². The smallest absolute Gasteiger partial charge is 0.208 e. The maximum Gasteiger partial charge on any atom is 0.208 e. The van der Waals surface area contributed by atoms with Crippen molar-refractivity contribution in [3.8, 4) is 0 Å². The van der Waals surface area contributed by atoms with Gasteiger partial charge in [0.05, 0.1) is 0 Å². The lowest BCUT2D eigenvalue weighted by Gasteiger charge is -2.20. The molecule has 0 saturated heterocycles. The van der Waals surface area contributed by atoms with Gasteiger partial charge in [-0.1, -0.05) is 29.5 Å². The average Bonchev–Trinajstić information content (AvgIpc) is 2.75. The van der Waals surface area contributed by atoms with Crippen molar-refractivity contribution in [1.29, 1.82) is 0 Å². The molecule has 0 aliphatic heterocycles. The summed E-state index contributed by atoms with van der Waals surface area (Å²) in [5, 5.41) is 10.1. The van der Waals surface area contributed by atoms with Gasteiger partial charge >= 0.3 is 0 Å². The number of para-hydroxylation sites is 1. The van der Waals surface area contributed by atoms with E-state index in [9.17, 15) is 0 Å². The first-order chi connectivity index (χ1) is 8.20. The molecule has 90 valence electrons. The van der Waals surface area contributed by atoms with Crippen LogP contribution in [0.4, 0.5) is 10.8 Å². The van der Waals surface area contributed by atoms with Gasteiger partial charge in [0.15, 0.2) is 0 Å². The number of anilines is 2. The van der Waals surface area contributed by atoms with E-state index in [-0.39, 0.29) is 0 Å². The molecule has 0 radical (unpaired) electrons. The Balaban J connectivity index is 2.18. The highest BCUT2D eigenvalue weighted by atomic mass is 32.1. The fourth-order valence-corrected chi connectivity index (χ4v) is 2.36. The van der Waals surface area contributed by atoms with E-state index in [4.69, 9.17) is 5.73 Å². The number of benzene rings is 1. The van der Waals surface area contributed by atoms with Crippen molar-refractivity contribution in [3.05, 3.63) is 34.8 Å². The normalized spacial score (nSPS) is 10.5. The molecule has 17 heavy (non-hydrogen) atoms. The highest BCUT2D eigenvalue weighted by Gasteiger charge is 2.11. The minimum absolute atomic E-state index is 0.776. The van der Waals surface area contributed by atoms with E-state index in [0.717, 1.165) is 34.5 Å². The zero-order chi connectivity index (χ0) is 12.3. The van der Waals surface area contributed by atoms with E-state index in [1.165, 1.54) is 0 Å². The van der Waals surface area contributed by atoms with Crippen molar-refractivity contribution in [3.63, 3.8) is 0 Å². The van der Waals surface area contributed by atoms with Crippen LogP contribution in [0.3, 0.4) is 0 Å². The molecule has 0 fully saturated rings. The van der Waals surface area contributed by atoms with Crippen LogP contribution in [0.15, 0.2) is 24.3 Å². The number of hydrogen-bond donors (Lipinski definition) is 1. The molecular weight excluding hydrogens is 232 g/mol. The molecular formula is C12H16N4S. The molecule has 2 aromatic rings. The van der Waals surface area contributed by atoms with E-state index in [2.05, 4.69) is 22.0 Å². The third-order valence-electron chi connectivity index (χ3n) is 2.58. The van der Waals surface area contributed by atoms with Crippen molar-refractivity contribution < 1.29 is 0 Å². The standard InChI is InChI=1S/C12H16N4S/c1-3-16(12-15-14-9(2)17-12)8-10-6-4-5-7-11(10)13/h4-7H,3,8,13H2,1-2H3. The second-order valence-corrected chi connectivity index (χ2v) is 4.98. The number of rotatable bonds is 4. The Morgan fingerprint density at radius 2 is 2.06 bits per heavy atom. The van der Waals surface area contributed by atoms with Crippen LogP contribution in [0.5, 0.6) is 0 Å². The first-order valence-electron chi connectivity index (χ1n) is 5.59. The molecule has 0 bridgehead atoms. The number of nitrogens with two attached hydrogens (primary N) is 1. The Kier molecular flexibility index (Phi) is 3.58. The number of nitrogens with zero attached hydrogens (tertiary/aromatic N) is 3. The van der Waals surface area contributed by atoms with E-state index in [1.54, 1.807) is 11.3 Å². The zero-order valence-corrected chi connectivity index (χ0v) is 10.9. The zero-order valence-electron chi connectivity index (χ0n) is 10.1. The monoisotopic (exact) mass is 248 g/mol. The maximum absolute atomic E-state index is 5.95. The molecule has 0 aliphatic rings. The Bertz CT molecular complexity index is 495. The lowest BCUT2D eigenvalue weighted by Crippen LogP contribution is -2.22. The molecule has 0 amide bonds. The lowest BCUT2D eigenvalue weighted by atomic mass is 10.2. The molecule has 1 aromatic heterocycles. The van der Waals surface area contributed by atoms with Crippen LogP contribution in [-0.2, 0) is 6.54 Å². The van der Waals surface area contributed by atoms with Crippen molar-refractivity contribution in [2.45, 2.75) is 20.4 Å². The molecule has 0 spiro atoms. The Hall–Kier alpha value is -1.62. The van der Waals surface area contributed by atoms with E-state index in [0.29, 0.717) is 0 Å². The summed E-state index contributed by atoms with van der Waals surface area (Å²) in [5.41, 5.74) is 7.90. The molecule has 1 heterocycles. The van der Waals surface area contributed by atoms with Gasteiger partial charge in [0.25, 0.3) is 0 Å². The van der Waals surface area contributed by atoms with Crippen molar-refractivity contribution >= 4 is 22.2 Å². The molecule has 2 rings (SSSR count). The highest BCUT2D eigenvalue weighted by molar-refractivity contribution is 7.15.